The summed E-state index contributed by atoms with van der Waals surface area (Å²) < 4.78 is 0. The number of aryl methyl sites for hydroxylation is 1. The summed E-state index contributed by atoms with van der Waals surface area (Å²) in [5, 5.41) is 16.4. The highest BCUT2D eigenvalue weighted by atomic mass is 16.6. The molecule has 7 heteroatoms. The maximum atomic E-state index is 12.2. The number of benzene rings is 2. The molecule has 7 nitrogen and oxygen atoms in total. The molecule has 3 rings (SSSR count). The molecule has 0 bridgehead atoms. The third kappa shape index (κ3) is 3.88. The average molecular weight is 353 g/mol. The van der Waals surface area contributed by atoms with Crippen molar-refractivity contribution in [2.45, 2.75) is 26.2 Å². The van der Waals surface area contributed by atoms with Crippen molar-refractivity contribution in [1.82, 2.24) is 0 Å². The second kappa shape index (κ2) is 7.35. The van der Waals surface area contributed by atoms with Crippen LogP contribution in [0.15, 0.2) is 42.5 Å². The summed E-state index contributed by atoms with van der Waals surface area (Å²) in [5.74, 6) is -0.606. The lowest BCUT2D eigenvalue weighted by atomic mass is 9.89. The van der Waals surface area contributed by atoms with Gasteiger partial charge in [0.2, 0.25) is 11.8 Å². The minimum atomic E-state index is -0.501. The number of nitrogens with one attached hydrogen (secondary N) is 2. The third-order valence-electron chi connectivity index (χ3n) is 4.54. The number of carbonyl (C=O) groups is 2. The minimum absolute atomic E-state index is 0.0748. The zero-order chi connectivity index (χ0) is 18.7. The molecule has 2 amide bonds. The van der Waals surface area contributed by atoms with Crippen LogP contribution in [-0.4, -0.2) is 16.7 Å². The summed E-state index contributed by atoms with van der Waals surface area (Å²) in [7, 11) is 0. The Morgan fingerprint density at radius 2 is 2.08 bits per heavy atom. The van der Waals surface area contributed by atoms with E-state index < -0.39 is 4.92 Å². The summed E-state index contributed by atoms with van der Waals surface area (Å²) in [6.45, 7) is 1.77. The maximum Gasteiger partial charge on any atom is 0.271 e. The first-order chi connectivity index (χ1) is 12.4. The summed E-state index contributed by atoms with van der Waals surface area (Å²) in [4.78, 5) is 34.8. The highest BCUT2D eigenvalue weighted by molar-refractivity contribution is 5.96. The van der Waals surface area contributed by atoms with Gasteiger partial charge in [-0.2, -0.15) is 0 Å². The molecule has 1 heterocycles. The summed E-state index contributed by atoms with van der Waals surface area (Å²) in [6, 6.07) is 12.0. The van der Waals surface area contributed by atoms with E-state index in [1.54, 1.807) is 13.0 Å². The molecule has 0 saturated carbocycles. The smallest absolute Gasteiger partial charge is 0.271 e. The molecule has 0 aromatic heterocycles. The lowest BCUT2D eigenvalue weighted by Gasteiger charge is -2.24. The zero-order valence-electron chi connectivity index (χ0n) is 14.3. The molecule has 134 valence electrons. The number of rotatable bonds is 5. The monoisotopic (exact) mass is 353 g/mol. The molecule has 0 saturated heterocycles. The van der Waals surface area contributed by atoms with Gasteiger partial charge in [0.25, 0.3) is 5.69 Å². The molecule has 2 aromatic carbocycles. The average Bonchev–Trinajstić information content (AvgIpc) is 2.61. The van der Waals surface area contributed by atoms with Crippen LogP contribution in [0.2, 0.25) is 0 Å². The van der Waals surface area contributed by atoms with Crippen LogP contribution in [0, 0.1) is 23.0 Å². The van der Waals surface area contributed by atoms with Crippen molar-refractivity contribution in [2.24, 2.45) is 5.92 Å². The molecular formula is C19H19N3O4. The molecule has 0 fully saturated rings. The van der Waals surface area contributed by atoms with Crippen molar-refractivity contribution in [3.05, 3.63) is 63.7 Å². The van der Waals surface area contributed by atoms with Crippen LogP contribution in [0.5, 0.6) is 0 Å². The van der Waals surface area contributed by atoms with Crippen molar-refractivity contribution in [2.75, 3.05) is 10.6 Å². The number of nitrogens with zero attached hydrogens (tertiary/aromatic N) is 1. The quantitative estimate of drug-likeness (QED) is 0.635. The van der Waals surface area contributed by atoms with Crippen LogP contribution in [0.4, 0.5) is 17.1 Å². The Morgan fingerprint density at radius 3 is 2.85 bits per heavy atom. The number of nitro groups is 1. The summed E-state index contributed by atoms with van der Waals surface area (Å²) in [5.41, 5.74) is 2.97. The van der Waals surface area contributed by atoms with Gasteiger partial charge in [-0.3, -0.25) is 19.7 Å². The number of hydrogen-bond acceptors (Lipinski definition) is 4. The van der Waals surface area contributed by atoms with E-state index in [0.29, 0.717) is 18.5 Å². The van der Waals surface area contributed by atoms with Crippen LogP contribution in [-0.2, 0) is 16.0 Å². The number of amides is 2. The third-order valence-corrected chi connectivity index (χ3v) is 4.54. The first-order valence-corrected chi connectivity index (χ1v) is 8.37. The molecule has 0 aliphatic carbocycles. The van der Waals surface area contributed by atoms with Crippen molar-refractivity contribution >= 4 is 28.9 Å². The molecular weight excluding hydrogens is 334 g/mol. The Bertz CT molecular complexity index is 879. The minimum Gasteiger partial charge on any atom is -0.326 e. The number of anilines is 2. The van der Waals surface area contributed by atoms with E-state index in [-0.39, 0.29) is 29.8 Å². The Kier molecular flexibility index (Phi) is 4.97. The normalized spacial score (nSPS) is 15.7. The zero-order valence-corrected chi connectivity index (χ0v) is 14.3. The number of para-hydroxylation sites is 1. The van der Waals surface area contributed by atoms with E-state index in [1.165, 1.54) is 12.1 Å². The summed E-state index contributed by atoms with van der Waals surface area (Å²) in [6.07, 6.45) is 1.19. The SMILES string of the molecule is Cc1ccc([N+](=O)[O-])cc1NC(=O)CCC1Cc2ccccc2NC1=O. The molecule has 1 unspecified atom stereocenters. The van der Waals surface area contributed by atoms with Gasteiger partial charge >= 0.3 is 0 Å². The van der Waals surface area contributed by atoms with Crippen LogP contribution in [0.1, 0.15) is 24.0 Å². The molecule has 0 radical (unpaired) electrons. The number of carbonyl (C=O) groups excluding carboxylic acids is 2. The van der Waals surface area contributed by atoms with Crippen LogP contribution in [0.25, 0.3) is 0 Å². The molecule has 2 N–H and O–H groups in total. The molecule has 1 aliphatic heterocycles. The standard InChI is InChI=1S/C19H19N3O4/c1-12-6-8-15(22(25)26)11-17(12)20-18(23)9-7-14-10-13-4-2-3-5-16(13)21-19(14)24/h2-6,8,11,14H,7,9-10H2,1H3,(H,20,23)(H,21,24). The number of non-ortho nitro benzene ring substituents is 1. The maximum absolute atomic E-state index is 12.2. The van der Waals surface area contributed by atoms with E-state index in [9.17, 15) is 19.7 Å². The van der Waals surface area contributed by atoms with Gasteiger partial charge in [-0.05, 0) is 37.0 Å². The van der Waals surface area contributed by atoms with E-state index >= 15 is 0 Å². The van der Waals surface area contributed by atoms with Gasteiger partial charge in [0, 0.05) is 30.2 Å². The lowest BCUT2D eigenvalue weighted by Crippen LogP contribution is -2.30. The number of hydrogen-bond donors (Lipinski definition) is 2. The predicted octanol–water partition coefficient (Wildman–Crippen LogP) is 3.43. The highest BCUT2D eigenvalue weighted by Gasteiger charge is 2.26. The second-order valence-electron chi connectivity index (χ2n) is 6.39. The first-order valence-electron chi connectivity index (χ1n) is 8.37. The topological polar surface area (TPSA) is 101 Å². The first kappa shape index (κ1) is 17.6. The largest absolute Gasteiger partial charge is 0.326 e. The van der Waals surface area contributed by atoms with Crippen molar-refractivity contribution in [1.29, 1.82) is 0 Å². The fourth-order valence-corrected chi connectivity index (χ4v) is 3.02. The van der Waals surface area contributed by atoms with Crippen LogP contribution < -0.4 is 10.6 Å². The van der Waals surface area contributed by atoms with Gasteiger partial charge in [-0.15, -0.1) is 0 Å². The van der Waals surface area contributed by atoms with Gasteiger partial charge in [0.1, 0.15) is 0 Å². The Hall–Kier alpha value is -3.22. The molecule has 26 heavy (non-hydrogen) atoms. The fourth-order valence-electron chi connectivity index (χ4n) is 3.02. The van der Waals surface area contributed by atoms with Crippen molar-refractivity contribution in [3.8, 4) is 0 Å². The van der Waals surface area contributed by atoms with E-state index in [1.807, 2.05) is 24.3 Å². The Labute approximate surface area is 150 Å². The Balaban J connectivity index is 1.61. The van der Waals surface area contributed by atoms with E-state index in [4.69, 9.17) is 0 Å². The van der Waals surface area contributed by atoms with Crippen LogP contribution in [0.3, 0.4) is 0 Å². The summed E-state index contributed by atoms with van der Waals surface area (Å²) >= 11 is 0. The van der Waals surface area contributed by atoms with Gasteiger partial charge in [0.15, 0.2) is 0 Å². The molecule has 2 aromatic rings. The number of fused-ring (bicyclic) bond motifs is 1. The van der Waals surface area contributed by atoms with E-state index in [0.717, 1.165) is 16.8 Å². The van der Waals surface area contributed by atoms with Gasteiger partial charge in [-0.1, -0.05) is 24.3 Å². The Morgan fingerprint density at radius 1 is 1.31 bits per heavy atom. The molecule has 1 atom stereocenters. The van der Waals surface area contributed by atoms with E-state index in [2.05, 4.69) is 10.6 Å². The number of nitro benzene ring substituents is 1. The van der Waals surface area contributed by atoms with Crippen molar-refractivity contribution in [3.63, 3.8) is 0 Å². The fraction of sp³-hybridized carbons (Fsp3) is 0.263. The van der Waals surface area contributed by atoms with Gasteiger partial charge < -0.3 is 10.6 Å². The van der Waals surface area contributed by atoms with Crippen molar-refractivity contribution < 1.29 is 14.5 Å². The molecule has 1 aliphatic rings. The van der Waals surface area contributed by atoms with Gasteiger partial charge in [0.05, 0.1) is 10.6 Å². The molecule has 0 spiro atoms. The van der Waals surface area contributed by atoms with Crippen LogP contribution >= 0.6 is 0 Å². The van der Waals surface area contributed by atoms with Gasteiger partial charge in [-0.25, -0.2) is 0 Å². The predicted molar refractivity (Wildman–Crippen MR) is 98.0 cm³/mol. The lowest BCUT2D eigenvalue weighted by molar-refractivity contribution is -0.384. The highest BCUT2D eigenvalue weighted by Crippen LogP contribution is 2.28. The second-order valence-corrected chi connectivity index (χ2v) is 6.39.